The fourth-order valence-corrected chi connectivity index (χ4v) is 3.38. The van der Waals surface area contributed by atoms with E-state index in [1.807, 2.05) is 0 Å². The molecule has 0 saturated carbocycles. The molecule has 0 atom stereocenters. The molecule has 25 heavy (non-hydrogen) atoms. The van der Waals surface area contributed by atoms with Crippen molar-refractivity contribution in [2.24, 2.45) is 0 Å². The summed E-state index contributed by atoms with van der Waals surface area (Å²) in [4.78, 5) is 12.4. The summed E-state index contributed by atoms with van der Waals surface area (Å²) in [5.74, 6) is -0.0844. The Morgan fingerprint density at radius 1 is 1.08 bits per heavy atom. The number of halogens is 2. The molecule has 0 radical (unpaired) electrons. The van der Waals surface area contributed by atoms with Gasteiger partial charge in [-0.05, 0) is 36.4 Å². The molecular formula is C16H16Cl2N2O4S. The molecule has 1 N–H and O–H groups in total. The molecule has 0 heterocycles. The van der Waals surface area contributed by atoms with Crippen LogP contribution >= 0.6 is 23.2 Å². The van der Waals surface area contributed by atoms with Crippen LogP contribution in [0.5, 0.6) is 5.75 Å². The first-order chi connectivity index (χ1) is 11.7. The van der Waals surface area contributed by atoms with Crippen LogP contribution in [0.3, 0.4) is 0 Å². The topological polar surface area (TPSA) is 75.7 Å². The number of rotatable bonds is 5. The lowest BCUT2D eigenvalue weighted by Crippen LogP contribution is -2.23. The minimum Gasteiger partial charge on any atom is -0.495 e. The third-order valence-electron chi connectivity index (χ3n) is 3.37. The second kappa shape index (κ2) is 7.61. The minimum absolute atomic E-state index is 0.0280. The molecule has 0 spiro atoms. The highest BCUT2D eigenvalue weighted by Gasteiger charge is 2.21. The number of nitrogens with one attached hydrogen (secondary N) is 1. The zero-order valence-electron chi connectivity index (χ0n) is 13.7. The molecule has 1 amide bonds. The molecule has 0 bridgehead atoms. The van der Waals surface area contributed by atoms with Gasteiger partial charge in [0.15, 0.2) is 0 Å². The van der Waals surface area contributed by atoms with Crippen LogP contribution < -0.4 is 10.1 Å². The van der Waals surface area contributed by atoms with E-state index in [0.29, 0.717) is 16.5 Å². The lowest BCUT2D eigenvalue weighted by molar-refractivity contribution is 0.102. The quantitative estimate of drug-likeness (QED) is 0.829. The molecule has 6 nitrogen and oxygen atoms in total. The van der Waals surface area contributed by atoms with Crippen LogP contribution in [-0.4, -0.2) is 39.8 Å². The molecule has 0 aromatic heterocycles. The van der Waals surface area contributed by atoms with Gasteiger partial charge in [0.25, 0.3) is 5.91 Å². The van der Waals surface area contributed by atoms with Crippen LogP contribution in [-0.2, 0) is 10.0 Å². The van der Waals surface area contributed by atoms with E-state index in [4.69, 9.17) is 27.9 Å². The lowest BCUT2D eigenvalue weighted by Gasteiger charge is -2.13. The summed E-state index contributed by atoms with van der Waals surface area (Å²) in [6.07, 6.45) is 0. The summed E-state index contributed by atoms with van der Waals surface area (Å²) in [6, 6.07) is 8.68. The number of carbonyl (C=O) groups excluding carboxylic acids is 1. The van der Waals surface area contributed by atoms with E-state index in [1.165, 1.54) is 45.5 Å². The summed E-state index contributed by atoms with van der Waals surface area (Å²) in [5, 5.41) is 3.09. The number of nitrogens with zero attached hydrogens (tertiary/aromatic N) is 1. The molecule has 9 heteroatoms. The first-order valence-electron chi connectivity index (χ1n) is 7.03. The van der Waals surface area contributed by atoms with Crippen molar-refractivity contribution in [1.29, 1.82) is 0 Å². The maximum Gasteiger partial charge on any atom is 0.257 e. The number of hydrogen-bond donors (Lipinski definition) is 1. The van der Waals surface area contributed by atoms with E-state index < -0.39 is 15.9 Å². The number of methoxy groups -OCH3 is 1. The van der Waals surface area contributed by atoms with Crippen molar-refractivity contribution in [3.8, 4) is 5.75 Å². The van der Waals surface area contributed by atoms with Crippen molar-refractivity contribution in [1.82, 2.24) is 4.31 Å². The molecule has 0 aliphatic heterocycles. The number of benzene rings is 2. The third kappa shape index (κ3) is 4.24. The standard InChI is InChI=1S/C16H16Cl2N2O4S/c1-20(2)25(22,23)11-5-6-13(17)12(9-11)16(21)19-10-4-7-15(24-3)14(18)8-10/h4-9H,1-3H3,(H,19,21). The van der Waals surface area contributed by atoms with Crippen molar-refractivity contribution in [3.63, 3.8) is 0 Å². The largest absolute Gasteiger partial charge is 0.495 e. The molecule has 0 aliphatic rings. The molecule has 0 unspecified atom stereocenters. The Morgan fingerprint density at radius 3 is 2.32 bits per heavy atom. The molecule has 0 aliphatic carbocycles. The van der Waals surface area contributed by atoms with Gasteiger partial charge < -0.3 is 10.1 Å². The summed E-state index contributed by atoms with van der Waals surface area (Å²) in [7, 11) is 0.612. The Labute approximate surface area is 156 Å². The lowest BCUT2D eigenvalue weighted by atomic mass is 10.2. The Balaban J connectivity index is 2.35. The van der Waals surface area contributed by atoms with Gasteiger partial charge in [-0.2, -0.15) is 0 Å². The van der Waals surface area contributed by atoms with Gasteiger partial charge >= 0.3 is 0 Å². The van der Waals surface area contributed by atoms with Crippen molar-refractivity contribution < 1.29 is 17.9 Å². The van der Waals surface area contributed by atoms with Crippen molar-refractivity contribution in [2.75, 3.05) is 26.5 Å². The monoisotopic (exact) mass is 402 g/mol. The average Bonchev–Trinajstić information content (AvgIpc) is 2.55. The van der Waals surface area contributed by atoms with Gasteiger partial charge in [0, 0.05) is 19.8 Å². The minimum atomic E-state index is -3.68. The summed E-state index contributed by atoms with van der Waals surface area (Å²) >= 11 is 12.1. The normalized spacial score (nSPS) is 11.4. The van der Waals surface area contributed by atoms with Crippen LogP contribution in [0.25, 0.3) is 0 Å². The number of anilines is 1. The highest BCUT2D eigenvalue weighted by atomic mass is 35.5. The molecule has 0 saturated heterocycles. The van der Waals surface area contributed by atoms with Crippen molar-refractivity contribution in [2.45, 2.75) is 4.90 Å². The van der Waals surface area contributed by atoms with Crippen LogP contribution in [0.1, 0.15) is 10.4 Å². The first-order valence-corrected chi connectivity index (χ1v) is 9.23. The van der Waals surface area contributed by atoms with Crippen LogP contribution in [0.4, 0.5) is 5.69 Å². The van der Waals surface area contributed by atoms with Crippen molar-refractivity contribution >= 4 is 44.8 Å². The van der Waals surface area contributed by atoms with Crippen LogP contribution in [0, 0.1) is 0 Å². The van der Waals surface area contributed by atoms with Gasteiger partial charge in [0.2, 0.25) is 10.0 Å². The highest BCUT2D eigenvalue weighted by molar-refractivity contribution is 7.89. The van der Waals surface area contributed by atoms with Gasteiger partial charge in [-0.3, -0.25) is 4.79 Å². The molecule has 134 valence electrons. The van der Waals surface area contributed by atoms with E-state index in [1.54, 1.807) is 12.1 Å². The third-order valence-corrected chi connectivity index (χ3v) is 5.81. The van der Waals surface area contributed by atoms with Crippen LogP contribution in [0.2, 0.25) is 10.0 Å². The SMILES string of the molecule is COc1ccc(NC(=O)c2cc(S(=O)(=O)N(C)C)ccc2Cl)cc1Cl. The van der Waals surface area contributed by atoms with E-state index in [2.05, 4.69) is 5.32 Å². The molecule has 0 fully saturated rings. The maximum absolute atomic E-state index is 12.5. The fourth-order valence-electron chi connectivity index (χ4n) is 1.99. The summed E-state index contributed by atoms with van der Waals surface area (Å²) < 4.78 is 30.5. The van der Waals surface area contributed by atoms with E-state index in [0.717, 1.165) is 4.31 Å². The maximum atomic E-state index is 12.5. The number of sulfonamides is 1. The van der Waals surface area contributed by atoms with E-state index in [-0.39, 0.29) is 15.5 Å². The van der Waals surface area contributed by atoms with Gasteiger partial charge in [-0.25, -0.2) is 12.7 Å². The second-order valence-electron chi connectivity index (χ2n) is 5.23. The summed E-state index contributed by atoms with van der Waals surface area (Å²) in [6.45, 7) is 0. The van der Waals surface area contributed by atoms with Gasteiger partial charge in [-0.1, -0.05) is 23.2 Å². The average molecular weight is 403 g/mol. The fraction of sp³-hybridized carbons (Fsp3) is 0.188. The Morgan fingerprint density at radius 2 is 1.76 bits per heavy atom. The number of amides is 1. The Kier molecular flexibility index (Phi) is 5.95. The predicted octanol–water partition coefficient (Wildman–Crippen LogP) is 3.50. The first kappa shape index (κ1) is 19.5. The Bertz CT molecular complexity index is 914. The number of ether oxygens (including phenoxy) is 1. The zero-order valence-corrected chi connectivity index (χ0v) is 16.0. The van der Waals surface area contributed by atoms with Crippen LogP contribution in [0.15, 0.2) is 41.3 Å². The molecule has 2 rings (SSSR count). The predicted molar refractivity (Wildman–Crippen MR) is 98.3 cm³/mol. The number of carbonyl (C=O) groups is 1. The molecule has 2 aromatic rings. The molecule has 2 aromatic carbocycles. The van der Waals surface area contributed by atoms with Gasteiger partial charge in [0.05, 0.1) is 27.6 Å². The molecular weight excluding hydrogens is 387 g/mol. The van der Waals surface area contributed by atoms with E-state index >= 15 is 0 Å². The number of hydrogen-bond acceptors (Lipinski definition) is 4. The highest BCUT2D eigenvalue weighted by Crippen LogP contribution is 2.28. The zero-order chi connectivity index (χ0) is 18.8. The van der Waals surface area contributed by atoms with Gasteiger partial charge in [-0.15, -0.1) is 0 Å². The summed E-state index contributed by atoms with van der Waals surface area (Å²) in [5.41, 5.74) is 0.462. The smallest absolute Gasteiger partial charge is 0.257 e. The van der Waals surface area contributed by atoms with E-state index in [9.17, 15) is 13.2 Å². The second-order valence-corrected chi connectivity index (χ2v) is 8.20. The van der Waals surface area contributed by atoms with Gasteiger partial charge in [0.1, 0.15) is 5.75 Å². The van der Waals surface area contributed by atoms with Crippen molar-refractivity contribution in [3.05, 3.63) is 52.0 Å². The Hall–Kier alpha value is -1.80.